The second-order valence-corrected chi connectivity index (χ2v) is 7.51. The Balaban J connectivity index is 2.16. The quantitative estimate of drug-likeness (QED) is 0.788. The molecule has 2 rings (SSSR count). The smallest absolute Gasteiger partial charge is 0.395 e. The van der Waals surface area contributed by atoms with Gasteiger partial charge in [0, 0.05) is 29.9 Å². The number of hydrogen-bond acceptors (Lipinski definition) is 4. The first-order valence-electron chi connectivity index (χ1n) is 8.08. The fourth-order valence-corrected chi connectivity index (χ4v) is 3.10. The largest absolute Gasteiger partial charge is 0.501 e. The predicted octanol–water partition coefficient (Wildman–Crippen LogP) is 3.20. The molecule has 0 amide bonds. The van der Waals surface area contributed by atoms with Crippen LogP contribution in [0.1, 0.15) is 18.1 Å². The highest BCUT2D eigenvalue weighted by molar-refractivity contribution is 7.92. The van der Waals surface area contributed by atoms with Gasteiger partial charge in [-0.1, -0.05) is 11.8 Å². The summed E-state index contributed by atoms with van der Waals surface area (Å²) in [6.07, 6.45) is 0. The van der Waals surface area contributed by atoms with Crippen LogP contribution in [0.15, 0.2) is 53.4 Å². The van der Waals surface area contributed by atoms with E-state index in [1.807, 2.05) is 24.0 Å². The van der Waals surface area contributed by atoms with Gasteiger partial charge in [-0.3, -0.25) is 0 Å². The molecule has 0 saturated carbocycles. The average molecular weight is 397 g/mol. The Hall–Kier alpha value is -2.50. The molecule has 0 unspecified atom stereocenters. The average Bonchev–Trinajstić information content (AvgIpc) is 2.64. The third-order valence-corrected chi connectivity index (χ3v) is 5.31. The number of halogens is 3. The number of aliphatic hydroxyl groups excluding tert-OH is 1. The minimum Gasteiger partial charge on any atom is -0.395 e. The van der Waals surface area contributed by atoms with E-state index in [-0.39, 0.29) is 6.61 Å². The molecule has 144 valence electrons. The zero-order chi connectivity index (χ0) is 20.1. The Morgan fingerprint density at radius 3 is 1.85 bits per heavy atom. The topological polar surface area (TPSA) is 57.6 Å². The minimum atomic E-state index is -5.35. The van der Waals surface area contributed by atoms with Gasteiger partial charge in [0.1, 0.15) is 0 Å². The lowest BCUT2D eigenvalue weighted by Crippen LogP contribution is -2.25. The van der Waals surface area contributed by atoms with Crippen LogP contribution in [-0.2, 0) is 9.84 Å². The monoisotopic (exact) mass is 397 g/mol. The first-order chi connectivity index (χ1) is 12.7. The fraction of sp³-hybridized carbons (Fsp3) is 0.263. The van der Waals surface area contributed by atoms with Gasteiger partial charge in [-0.05, 0) is 55.5 Å². The molecule has 0 aliphatic heterocycles. The van der Waals surface area contributed by atoms with E-state index in [2.05, 4.69) is 11.8 Å². The molecule has 0 aliphatic carbocycles. The summed E-state index contributed by atoms with van der Waals surface area (Å²) in [5.74, 6) is 5.66. The van der Waals surface area contributed by atoms with Crippen LogP contribution in [0.3, 0.4) is 0 Å². The van der Waals surface area contributed by atoms with E-state index < -0.39 is 20.2 Å². The summed E-state index contributed by atoms with van der Waals surface area (Å²) in [5.41, 5.74) is -3.29. The molecular formula is C19H18F3NO3S. The number of benzene rings is 2. The molecule has 0 spiro atoms. The molecule has 0 fully saturated rings. The number of likely N-dealkylation sites (N-methyl/N-ethyl adjacent to an activating group) is 1. The van der Waals surface area contributed by atoms with Crippen molar-refractivity contribution in [1.82, 2.24) is 0 Å². The van der Waals surface area contributed by atoms with Crippen molar-refractivity contribution in [3.8, 4) is 11.8 Å². The number of aliphatic hydroxyl groups is 1. The number of nitrogens with zero attached hydrogens (tertiary/aromatic N) is 1. The van der Waals surface area contributed by atoms with Gasteiger partial charge in [0.05, 0.1) is 11.5 Å². The zero-order valence-corrected chi connectivity index (χ0v) is 15.3. The van der Waals surface area contributed by atoms with Crippen molar-refractivity contribution in [2.75, 3.05) is 24.6 Å². The lowest BCUT2D eigenvalue weighted by molar-refractivity contribution is -0.0436. The highest BCUT2D eigenvalue weighted by atomic mass is 32.2. The first kappa shape index (κ1) is 20.8. The van der Waals surface area contributed by atoms with Crippen LogP contribution in [0.4, 0.5) is 18.9 Å². The molecule has 8 heteroatoms. The molecular weight excluding hydrogens is 379 g/mol. The van der Waals surface area contributed by atoms with E-state index in [4.69, 9.17) is 5.11 Å². The molecule has 27 heavy (non-hydrogen) atoms. The first-order valence-corrected chi connectivity index (χ1v) is 9.56. The van der Waals surface area contributed by atoms with E-state index in [1.54, 1.807) is 12.1 Å². The molecule has 0 heterocycles. The van der Waals surface area contributed by atoms with Crippen LogP contribution in [-0.4, -0.2) is 38.7 Å². The number of hydrogen-bond donors (Lipinski definition) is 1. The second kappa shape index (κ2) is 8.46. The van der Waals surface area contributed by atoms with Crippen LogP contribution < -0.4 is 4.90 Å². The second-order valence-electron chi connectivity index (χ2n) is 5.57. The Bertz CT molecular complexity index is 925. The fourth-order valence-electron chi connectivity index (χ4n) is 2.34. The van der Waals surface area contributed by atoms with E-state index in [1.165, 1.54) is 12.1 Å². The van der Waals surface area contributed by atoms with Gasteiger partial charge < -0.3 is 10.0 Å². The highest BCUT2D eigenvalue weighted by Gasteiger charge is 2.46. The Labute approximate surface area is 156 Å². The lowest BCUT2D eigenvalue weighted by atomic mass is 10.1. The maximum atomic E-state index is 12.5. The third kappa shape index (κ3) is 5.02. The number of alkyl halides is 3. The molecule has 0 aromatic heterocycles. The number of anilines is 1. The van der Waals surface area contributed by atoms with E-state index in [0.717, 1.165) is 24.4 Å². The third-order valence-electron chi connectivity index (χ3n) is 3.80. The van der Waals surface area contributed by atoms with Gasteiger partial charge >= 0.3 is 5.51 Å². The van der Waals surface area contributed by atoms with Crippen LogP contribution in [0.5, 0.6) is 0 Å². The standard InChI is InChI=1S/C19H18F3NO3S/c1-2-23(13-14-24)17-9-5-15(6-10-17)3-4-16-7-11-18(12-8-16)27(25,26)19(20,21)22/h5-12,24H,2,13-14H2,1H3. The van der Waals surface area contributed by atoms with Crippen LogP contribution in [0.2, 0.25) is 0 Å². The van der Waals surface area contributed by atoms with E-state index in [9.17, 15) is 21.6 Å². The van der Waals surface area contributed by atoms with Gasteiger partial charge in [0.25, 0.3) is 9.84 Å². The molecule has 4 nitrogen and oxygen atoms in total. The molecule has 2 aromatic rings. The SMILES string of the molecule is CCN(CCO)c1ccc(C#Cc2ccc(S(=O)(=O)C(F)(F)F)cc2)cc1. The van der Waals surface area contributed by atoms with Gasteiger partial charge in [-0.2, -0.15) is 13.2 Å². The Kier molecular flexibility index (Phi) is 6.52. The van der Waals surface area contributed by atoms with Crippen molar-refractivity contribution >= 4 is 15.5 Å². The summed E-state index contributed by atoms with van der Waals surface area (Å²) in [4.78, 5) is 1.19. The molecule has 1 N–H and O–H groups in total. The normalized spacial score (nSPS) is 11.6. The summed E-state index contributed by atoms with van der Waals surface area (Å²) in [5, 5.41) is 9.04. The summed E-state index contributed by atoms with van der Waals surface area (Å²) in [6.45, 7) is 3.30. The molecule has 0 atom stereocenters. The van der Waals surface area contributed by atoms with Crippen LogP contribution >= 0.6 is 0 Å². The van der Waals surface area contributed by atoms with Crippen molar-refractivity contribution in [3.05, 3.63) is 59.7 Å². The maximum absolute atomic E-state index is 12.5. The molecule has 0 aliphatic rings. The van der Waals surface area contributed by atoms with Crippen LogP contribution in [0, 0.1) is 11.8 Å². The van der Waals surface area contributed by atoms with E-state index in [0.29, 0.717) is 17.7 Å². The minimum absolute atomic E-state index is 0.0510. The summed E-state index contributed by atoms with van der Waals surface area (Å²) in [6, 6.07) is 11.6. The van der Waals surface area contributed by atoms with Gasteiger partial charge in [0.15, 0.2) is 0 Å². The highest BCUT2D eigenvalue weighted by Crippen LogP contribution is 2.30. The Morgan fingerprint density at radius 1 is 0.963 bits per heavy atom. The number of rotatable bonds is 5. The summed E-state index contributed by atoms with van der Waals surface area (Å²) >= 11 is 0. The molecule has 0 saturated heterocycles. The zero-order valence-electron chi connectivity index (χ0n) is 14.5. The summed E-state index contributed by atoms with van der Waals surface area (Å²) in [7, 11) is -5.35. The van der Waals surface area contributed by atoms with E-state index >= 15 is 0 Å². The molecule has 0 bridgehead atoms. The van der Waals surface area contributed by atoms with Gasteiger partial charge in [0.2, 0.25) is 0 Å². The number of sulfone groups is 1. The van der Waals surface area contributed by atoms with Crippen molar-refractivity contribution in [2.45, 2.75) is 17.3 Å². The predicted molar refractivity (Wildman–Crippen MR) is 97.1 cm³/mol. The van der Waals surface area contributed by atoms with Crippen LogP contribution in [0.25, 0.3) is 0 Å². The Morgan fingerprint density at radius 2 is 1.44 bits per heavy atom. The van der Waals surface area contributed by atoms with Crippen molar-refractivity contribution in [3.63, 3.8) is 0 Å². The van der Waals surface area contributed by atoms with Gasteiger partial charge in [-0.25, -0.2) is 8.42 Å². The lowest BCUT2D eigenvalue weighted by Gasteiger charge is -2.21. The summed E-state index contributed by atoms with van der Waals surface area (Å²) < 4.78 is 60.2. The molecule has 2 aromatic carbocycles. The molecule has 0 radical (unpaired) electrons. The maximum Gasteiger partial charge on any atom is 0.501 e. The van der Waals surface area contributed by atoms with Crippen molar-refractivity contribution in [1.29, 1.82) is 0 Å². The van der Waals surface area contributed by atoms with Gasteiger partial charge in [-0.15, -0.1) is 0 Å². The van der Waals surface area contributed by atoms with Crippen molar-refractivity contribution in [2.24, 2.45) is 0 Å². The van der Waals surface area contributed by atoms with Crippen molar-refractivity contribution < 1.29 is 26.7 Å².